The lowest BCUT2D eigenvalue weighted by atomic mass is 9.76. The first-order valence-electron chi connectivity index (χ1n) is 16.3. The Morgan fingerprint density at radius 1 is 0.500 bits per heavy atom. The van der Waals surface area contributed by atoms with Gasteiger partial charge in [-0.1, -0.05) is 134 Å². The second kappa shape index (κ2) is 9.83. The van der Waals surface area contributed by atoms with E-state index in [1.807, 2.05) is 0 Å². The van der Waals surface area contributed by atoms with Crippen LogP contribution in [0.25, 0.3) is 66.0 Å². The first-order valence-corrected chi connectivity index (χ1v) is 17.1. The third-order valence-corrected chi connectivity index (χ3v) is 10.8. The van der Waals surface area contributed by atoms with E-state index in [1.54, 1.807) is 0 Å². The summed E-state index contributed by atoms with van der Waals surface area (Å²) in [7, 11) is 0. The summed E-state index contributed by atoms with van der Waals surface area (Å²) >= 11 is 1.29. The average Bonchev–Trinajstić information content (AvgIpc) is 3.61. The van der Waals surface area contributed by atoms with Gasteiger partial charge in [-0.05, 0) is 95.4 Å². The standard InChI is InChI=1S/C43H40N2S/c1-41(2,3)28-17-19-33-36(23-28)43(7,8)37-24-29(42(4,5)6)22-34(38(33)37)27-13-11-12-25(20-27)26-16-18-31-30-14-9-10-15-32(30)39-40(35(31)21-26)45-46-44-39/h9-24H,1-8H3. The summed E-state index contributed by atoms with van der Waals surface area (Å²) in [5.74, 6) is 0. The largest absolute Gasteiger partial charge is 0.172 e. The van der Waals surface area contributed by atoms with Gasteiger partial charge in [-0.25, -0.2) is 0 Å². The van der Waals surface area contributed by atoms with Gasteiger partial charge in [-0.3, -0.25) is 0 Å². The fourth-order valence-corrected chi connectivity index (χ4v) is 8.04. The average molecular weight is 617 g/mol. The minimum absolute atomic E-state index is 0.0247. The lowest BCUT2D eigenvalue weighted by Crippen LogP contribution is -2.19. The number of hydrogen-bond acceptors (Lipinski definition) is 3. The lowest BCUT2D eigenvalue weighted by molar-refractivity contribution is 0.580. The van der Waals surface area contributed by atoms with Crippen LogP contribution in [0.1, 0.15) is 77.6 Å². The summed E-state index contributed by atoms with van der Waals surface area (Å²) in [4.78, 5) is 0. The molecule has 0 unspecified atom stereocenters. The van der Waals surface area contributed by atoms with Crippen molar-refractivity contribution in [3.8, 4) is 33.4 Å². The van der Waals surface area contributed by atoms with Crippen LogP contribution < -0.4 is 0 Å². The summed E-state index contributed by atoms with van der Waals surface area (Å²) in [6.07, 6.45) is 0. The van der Waals surface area contributed by atoms with Crippen molar-refractivity contribution in [2.24, 2.45) is 0 Å². The van der Waals surface area contributed by atoms with Crippen molar-refractivity contribution >= 4 is 44.3 Å². The first kappa shape index (κ1) is 29.1. The number of rotatable bonds is 2. The molecule has 0 radical (unpaired) electrons. The molecule has 6 aromatic carbocycles. The van der Waals surface area contributed by atoms with Crippen molar-refractivity contribution in [2.75, 3.05) is 0 Å². The van der Waals surface area contributed by atoms with Crippen LogP contribution in [0.4, 0.5) is 0 Å². The molecule has 228 valence electrons. The topological polar surface area (TPSA) is 25.8 Å². The molecule has 0 amide bonds. The maximum atomic E-state index is 4.76. The molecule has 2 nitrogen and oxygen atoms in total. The summed E-state index contributed by atoms with van der Waals surface area (Å²) < 4.78 is 9.45. The lowest BCUT2D eigenvalue weighted by Gasteiger charge is -2.27. The van der Waals surface area contributed by atoms with Crippen LogP contribution >= 0.6 is 11.7 Å². The van der Waals surface area contributed by atoms with E-state index in [4.69, 9.17) is 8.75 Å². The molecule has 7 aromatic rings. The van der Waals surface area contributed by atoms with Crippen LogP contribution in [0.2, 0.25) is 0 Å². The Labute approximate surface area is 276 Å². The third-order valence-electron chi connectivity index (χ3n) is 10.2. The summed E-state index contributed by atoms with van der Waals surface area (Å²) in [5, 5.41) is 4.77. The van der Waals surface area contributed by atoms with Crippen LogP contribution in [0.15, 0.2) is 97.1 Å². The van der Waals surface area contributed by atoms with Gasteiger partial charge in [0.05, 0.1) is 11.7 Å². The Morgan fingerprint density at radius 3 is 1.87 bits per heavy atom. The van der Waals surface area contributed by atoms with Gasteiger partial charge in [0.2, 0.25) is 0 Å². The van der Waals surface area contributed by atoms with Crippen molar-refractivity contribution in [1.29, 1.82) is 0 Å². The van der Waals surface area contributed by atoms with Crippen molar-refractivity contribution in [1.82, 2.24) is 8.75 Å². The van der Waals surface area contributed by atoms with Gasteiger partial charge >= 0.3 is 0 Å². The predicted molar refractivity (Wildman–Crippen MR) is 198 cm³/mol. The summed E-state index contributed by atoms with van der Waals surface area (Å²) in [6.45, 7) is 18.7. The van der Waals surface area contributed by atoms with E-state index < -0.39 is 0 Å². The molecule has 0 bridgehead atoms. The molecular weight excluding hydrogens is 577 g/mol. The minimum atomic E-state index is -0.0897. The van der Waals surface area contributed by atoms with Gasteiger partial charge in [-0.15, -0.1) is 0 Å². The highest BCUT2D eigenvalue weighted by molar-refractivity contribution is 7.00. The van der Waals surface area contributed by atoms with E-state index >= 15 is 0 Å². The summed E-state index contributed by atoms with van der Waals surface area (Å²) in [6, 6.07) is 36.7. The van der Waals surface area contributed by atoms with Gasteiger partial charge in [-0.2, -0.15) is 8.75 Å². The molecule has 0 fully saturated rings. The maximum Gasteiger partial charge on any atom is 0.113 e. The van der Waals surface area contributed by atoms with Gasteiger partial charge in [0.15, 0.2) is 0 Å². The molecule has 1 aliphatic carbocycles. The first-order chi connectivity index (χ1) is 21.8. The number of nitrogens with zero attached hydrogens (tertiary/aromatic N) is 2. The Bertz CT molecular complexity index is 2360. The smallest absolute Gasteiger partial charge is 0.113 e. The van der Waals surface area contributed by atoms with Crippen LogP contribution in [0, 0.1) is 0 Å². The van der Waals surface area contributed by atoms with E-state index in [1.165, 1.54) is 83.5 Å². The number of hydrogen-bond donors (Lipinski definition) is 0. The fraction of sp³-hybridized carbons (Fsp3) is 0.256. The van der Waals surface area contributed by atoms with Gasteiger partial charge < -0.3 is 0 Å². The molecule has 0 aliphatic heterocycles. The predicted octanol–water partition coefficient (Wildman–Crippen LogP) is 12.2. The highest BCUT2D eigenvalue weighted by Crippen LogP contribution is 2.54. The van der Waals surface area contributed by atoms with Crippen LogP contribution in [0.5, 0.6) is 0 Å². The Kier molecular flexibility index (Phi) is 6.22. The molecule has 8 rings (SSSR count). The van der Waals surface area contributed by atoms with E-state index in [0.29, 0.717) is 0 Å². The molecule has 1 heterocycles. The van der Waals surface area contributed by atoms with E-state index in [9.17, 15) is 0 Å². The van der Waals surface area contributed by atoms with Gasteiger partial charge in [0.25, 0.3) is 0 Å². The number of benzene rings is 6. The third kappa shape index (κ3) is 4.36. The highest BCUT2D eigenvalue weighted by atomic mass is 32.1. The zero-order valence-electron chi connectivity index (χ0n) is 28.0. The molecule has 1 aliphatic rings. The molecule has 46 heavy (non-hydrogen) atoms. The monoisotopic (exact) mass is 616 g/mol. The fourth-order valence-electron chi connectivity index (χ4n) is 7.46. The molecule has 1 aromatic heterocycles. The van der Waals surface area contributed by atoms with E-state index in [-0.39, 0.29) is 16.2 Å². The second-order valence-electron chi connectivity index (χ2n) is 15.7. The highest BCUT2D eigenvalue weighted by Gasteiger charge is 2.39. The quantitative estimate of drug-likeness (QED) is 0.181. The second-order valence-corrected chi connectivity index (χ2v) is 16.2. The van der Waals surface area contributed by atoms with Gasteiger partial charge in [0.1, 0.15) is 11.0 Å². The van der Waals surface area contributed by atoms with Crippen LogP contribution in [-0.4, -0.2) is 8.75 Å². The molecule has 3 heteroatoms. The molecule has 0 N–H and O–H groups in total. The van der Waals surface area contributed by atoms with Crippen molar-refractivity contribution in [3.63, 3.8) is 0 Å². The van der Waals surface area contributed by atoms with E-state index in [0.717, 1.165) is 16.4 Å². The Hall–Kier alpha value is -4.34. The normalized spacial score (nSPS) is 14.3. The SMILES string of the molecule is CC(C)(C)c1ccc2c(c1)C(C)(C)c1cc(C(C)(C)C)cc(-c3cccc(-c4ccc5c6ccccc6c6nsnc6c5c4)c3)c1-2. The molecule has 0 spiro atoms. The molecule has 0 atom stereocenters. The number of fused-ring (bicyclic) bond motifs is 9. The zero-order valence-corrected chi connectivity index (χ0v) is 28.9. The Balaban J connectivity index is 1.34. The molecule has 0 saturated heterocycles. The van der Waals surface area contributed by atoms with Crippen molar-refractivity contribution in [2.45, 2.75) is 71.6 Å². The molecular formula is C43H40N2S. The molecule has 0 saturated carbocycles. The minimum Gasteiger partial charge on any atom is -0.172 e. The summed E-state index contributed by atoms with van der Waals surface area (Å²) in [5.41, 5.74) is 15.3. The number of aromatic nitrogens is 2. The van der Waals surface area contributed by atoms with E-state index in [2.05, 4.69) is 152 Å². The van der Waals surface area contributed by atoms with Crippen molar-refractivity contribution < 1.29 is 0 Å². The van der Waals surface area contributed by atoms with Crippen molar-refractivity contribution in [3.05, 3.63) is 119 Å². The zero-order chi connectivity index (χ0) is 32.2. The maximum absolute atomic E-state index is 4.76. The van der Waals surface area contributed by atoms with Crippen LogP contribution in [-0.2, 0) is 16.2 Å². The van der Waals surface area contributed by atoms with Gasteiger partial charge in [0, 0.05) is 16.2 Å². The Morgan fingerprint density at radius 2 is 1.13 bits per heavy atom. The van der Waals surface area contributed by atoms with Crippen LogP contribution in [0.3, 0.4) is 0 Å².